The van der Waals surface area contributed by atoms with Gasteiger partial charge in [-0.05, 0) is 30.7 Å². The molecule has 0 radical (unpaired) electrons. The maximum absolute atomic E-state index is 14.2. The van der Waals surface area contributed by atoms with Crippen LogP contribution in [0.4, 0.5) is 15.8 Å². The van der Waals surface area contributed by atoms with Crippen LogP contribution in [0.15, 0.2) is 41.7 Å². The number of aldehydes is 1. The molecular formula is C18H17FN4O. The minimum atomic E-state index is -0.635. The topological polar surface area (TPSA) is 69.3 Å². The van der Waals surface area contributed by atoms with Gasteiger partial charge in [-0.1, -0.05) is 6.92 Å². The van der Waals surface area contributed by atoms with Crippen LogP contribution in [-0.4, -0.2) is 24.2 Å². The van der Waals surface area contributed by atoms with Crippen LogP contribution in [0.3, 0.4) is 0 Å². The zero-order chi connectivity index (χ0) is 17.5. The number of hydrogen-bond acceptors (Lipinski definition) is 4. The molecule has 2 aromatic rings. The van der Waals surface area contributed by atoms with Crippen molar-refractivity contribution in [3.8, 4) is 6.07 Å². The molecule has 0 spiro atoms. The first-order valence-electron chi connectivity index (χ1n) is 7.51. The number of aromatic nitrogens is 1. The van der Waals surface area contributed by atoms with Gasteiger partial charge in [-0.2, -0.15) is 5.26 Å². The quantitative estimate of drug-likeness (QED) is 0.475. The van der Waals surface area contributed by atoms with Gasteiger partial charge in [0, 0.05) is 19.7 Å². The first-order valence-corrected chi connectivity index (χ1v) is 7.51. The number of carbonyl (C=O) groups excluding carboxylic acids is 1. The highest BCUT2D eigenvalue weighted by Gasteiger charge is 2.16. The van der Waals surface area contributed by atoms with Gasteiger partial charge in [-0.3, -0.25) is 9.78 Å². The smallest absolute Gasteiger partial charge is 0.153 e. The summed E-state index contributed by atoms with van der Waals surface area (Å²) in [6.45, 7) is 1.98. The standard InChI is InChI=1S/C18H17FN4O/c1-3-5-17(23(2)14-6-4-9-21-11-14)22-18-15(12-24)13(10-20)7-8-16(18)19/h4,6-9,11-12H,3,5H2,1-2H3. The summed E-state index contributed by atoms with van der Waals surface area (Å²) in [6.07, 6.45) is 5.18. The molecule has 122 valence electrons. The van der Waals surface area contributed by atoms with Crippen molar-refractivity contribution < 1.29 is 9.18 Å². The zero-order valence-corrected chi connectivity index (χ0v) is 13.5. The van der Waals surface area contributed by atoms with E-state index in [0.717, 1.165) is 18.2 Å². The second-order valence-corrected chi connectivity index (χ2v) is 5.14. The number of nitrogens with zero attached hydrogens (tertiary/aromatic N) is 4. The molecule has 0 fully saturated rings. The molecule has 0 aliphatic carbocycles. The Balaban J connectivity index is 2.56. The number of anilines is 1. The normalized spacial score (nSPS) is 11.0. The van der Waals surface area contributed by atoms with Crippen molar-refractivity contribution >= 4 is 23.5 Å². The van der Waals surface area contributed by atoms with Crippen LogP contribution >= 0.6 is 0 Å². The highest BCUT2D eigenvalue weighted by atomic mass is 19.1. The van der Waals surface area contributed by atoms with Gasteiger partial charge in [0.05, 0.1) is 29.1 Å². The molecule has 0 amide bonds. The number of hydrogen-bond donors (Lipinski definition) is 0. The summed E-state index contributed by atoms with van der Waals surface area (Å²) in [5, 5.41) is 9.09. The summed E-state index contributed by atoms with van der Waals surface area (Å²) in [5.74, 6) is -0.0492. The van der Waals surface area contributed by atoms with Crippen LogP contribution in [0.1, 0.15) is 35.7 Å². The van der Waals surface area contributed by atoms with Crippen molar-refractivity contribution in [2.75, 3.05) is 11.9 Å². The number of amidine groups is 1. The second kappa shape index (κ2) is 7.97. The molecule has 1 aromatic heterocycles. The molecular weight excluding hydrogens is 307 g/mol. The number of benzene rings is 1. The van der Waals surface area contributed by atoms with Gasteiger partial charge in [0.2, 0.25) is 0 Å². The van der Waals surface area contributed by atoms with Gasteiger partial charge >= 0.3 is 0 Å². The van der Waals surface area contributed by atoms with Crippen molar-refractivity contribution in [2.24, 2.45) is 4.99 Å². The van der Waals surface area contributed by atoms with E-state index in [1.54, 1.807) is 30.4 Å². The van der Waals surface area contributed by atoms with Crippen LogP contribution in [0, 0.1) is 17.1 Å². The van der Waals surface area contributed by atoms with E-state index >= 15 is 0 Å². The highest BCUT2D eigenvalue weighted by Crippen LogP contribution is 2.27. The first kappa shape index (κ1) is 17.3. The molecule has 0 bridgehead atoms. The lowest BCUT2D eigenvalue weighted by Gasteiger charge is -2.21. The summed E-state index contributed by atoms with van der Waals surface area (Å²) < 4.78 is 14.2. The lowest BCUT2D eigenvalue weighted by atomic mass is 10.1. The van der Waals surface area contributed by atoms with Crippen molar-refractivity contribution in [3.63, 3.8) is 0 Å². The van der Waals surface area contributed by atoms with Crippen molar-refractivity contribution in [3.05, 3.63) is 53.6 Å². The van der Waals surface area contributed by atoms with Crippen LogP contribution in [-0.2, 0) is 0 Å². The fourth-order valence-corrected chi connectivity index (χ4v) is 2.26. The second-order valence-electron chi connectivity index (χ2n) is 5.14. The van der Waals surface area contributed by atoms with E-state index in [2.05, 4.69) is 9.98 Å². The summed E-state index contributed by atoms with van der Waals surface area (Å²) in [4.78, 5) is 21.5. The Bertz CT molecular complexity index is 797. The van der Waals surface area contributed by atoms with E-state index in [4.69, 9.17) is 5.26 Å². The van der Waals surface area contributed by atoms with Gasteiger partial charge in [-0.25, -0.2) is 9.38 Å². The Morgan fingerprint density at radius 3 is 2.83 bits per heavy atom. The fourth-order valence-electron chi connectivity index (χ4n) is 2.26. The van der Waals surface area contributed by atoms with Crippen molar-refractivity contribution in [2.45, 2.75) is 19.8 Å². The Morgan fingerprint density at radius 2 is 2.25 bits per heavy atom. The van der Waals surface area contributed by atoms with E-state index < -0.39 is 5.82 Å². The third-order valence-electron chi connectivity index (χ3n) is 3.54. The molecule has 24 heavy (non-hydrogen) atoms. The van der Waals surface area contributed by atoms with Gasteiger partial charge in [0.15, 0.2) is 6.29 Å². The molecule has 6 heteroatoms. The third-order valence-corrected chi connectivity index (χ3v) is 3.54. The molecule has 0 aliphatic heterocycles. The average molecular weight is 324 g/mol. The monoisotopic (exact) mass is 324 g/mol. The SMILES string of the molecule is CCCC(=Nc1c(F)ccc(C#N)c1C=O)N(C)c1cccnc1. The largest absolute Gasteiger partial charge is 0.332 e. The highest BCUT2D eigenvalue weighted by molar-refractivity contribution is 6.00. The fraction of sp³-hybridized carbons (Fsp3) is 0.222. The minimum Gasteiger partial charge on any atom is -0.332 e. The molecule has 0 aliphatic rings. The summed E-state index contributed by atoms with van der Waals surface area (Å²) >= 11 is 0. The van der Waals surface area contributed by atoms with Gasteiger partial charge in [0.1, 0.15) is 17.3 Å². The number of halogens is 1. The molecule has 0 N–H and O–H groups in total. The Kier molecular flexibility index (Phi) is 5.74. The lowest BCUT2D eigenvalue weighted by molar-refractivity contribution is 0.112. The number of rotatable bonds is 5. The predicted molar refractivity (Wildman–Crippen MR) is 91.1 cm³/mol. The number of carbonyl (C=O) groups is 1. The number of pyridine rings is 1. The van der Waals surface area contributed by atoms with Crippen molar-refractivity contribution in [1.29, 1.82) is 5.26 Å². The molecule has 0 saturated carbocycles. The maximum atomic E-state index is 14.2. The zero-order valence-electron chi connectivity index (χ0n) is 13.5. The van der Waals surface area contributed by atoms with E-state index in [9.17, 15) is 9.18 Å². The summed E-state index contributed by atoms with van der Waals surface area (Å²) in [6, 6.07) is 7.98. The molecule has 0 saturated heterocycles. The van der Waals surface area contributed by atoms with E-state index in [-0.39, 0.29) is 16.8 Å². The predicted octanol–water partition coefficient (Wildman–Crippen LogP) is 3.87. The van der Waals surface area contributed by atoms with Gasteiger partial charge in [-0.15, -0.1) is 0 Å². The van der Waals surface area contributed by atoms with Crippen molar-refractivity contribution in [1.82, 2.24) is 4.98 Å². The average Bonchev–Trinajstić information content (AvgIpc) is 2.62. The Morgan fingerprint density at radius 1 is 1.46 bits per heavy atom. The number of nitriles is 1. The van der Waals surface area contributed by atoms with E-state index in [1.165, 1.54) is 6.07 Å². The molecule has 5 nitrogen and oxygen atoms in total. The van der Waals surface area contributed by atoms with Gasteiger partial charge < -0.3 is 4.90 Å². The van der Waals surface area contributed by atoms with Crippen LogP contribution in [0.25, 0.3) is 0 Å². The van der Waals surface area contributed by atoms with Crippen LogP contribution in [0.2, 0.25) is 0 Å². The lowest BCUT2D eigenvalue weighted by Crippen LogP contribution is -2.26. The van der Waals surface area contributed by atoms with Crippen LogP contribution in [0.5, 0.6) is 0 Å². The van der Waals surface area contributed by atoms with E-state index in [1.807, 2.05) is 19.1 Å². The summed E-state index contributed by atoms with van der Waals surface area (Å²) in [5.41, 5.74) is 0.758. The Labute approximate surface area is 140 Å². The molecule has 2 rings (SSSR count). The minimum absolute atomic E-state index is 0.0364. The molecule has 1 heterocycles. The Hall–Kier alpha value is -3.07. The van der Waals surface area contributed by atoms with Gasteiger partial charge in [0.25, 0.3) is 0 Å². The molecule has 0 atom stereocenters. The van der Waals surface area contributed by atoms with Crippen LogP contribution < -0.4 is 4.90 Å². The molecule has 0 unspecified atom stereocenters. The maximum Gasteiger partial charge on any atom is 0.153 e. The first-order chi connectivity index (χ1) is 11.6. The molecule has 1 aromatic carbocycles. The number of aliphatic imine (C=N–C) groups is 1. The summed E-state index contributed by atoms with van der Waals surface area (Å²) in [7, 11) is 1.80. The van der Waals surface area contributed by atoms with E-state index in [0.29, 0.717) is 18.5 Å². The third kappa shape index (κ3) is 3.63.